The topological polar surface area (TPSA) is 103 Å². The Hall–Kier alpha value is -0.870. The van der Waals surface area contributed by atoms with E-state index in [1.807, 2.05) is 0 Å². The van der Waals surface area contributed by atoms with Crippen molar-refractivity contribution in [3.8, 4) is 28.7 Å². The summed E-state index contributed by atoms with van der Waals surface area (Å²) in [6.07, 6.45) is 3.42. The molecule has 136 valence electrons. The maximum absolute atomic E-state index is 11.8. The van der Waals surface area contributed by atoms with Gasteiger partial charge in [0.25, 0.3) is 0 Å². The molecule has 10 heteroatoms. The van der Waals surface area contributed by atoms with Crippen LogP contribution in [0, 0.1) is 0 Å². The quantitative estimate of drug-likeness (QED) is 0.479. The minimum absolute atomic E-state index is 0. The maximum atomic E-state index is 11.8. The number of hydrogen-bond acceptors (Lipinski definition) is 8. The Morgan fingerprint density at radius 3 is 1.52 bits per heavy atom. The van der Waals surface area contributed by atoms with Gasteiger partial charge >= 0.3 is 29.6 Å². The standard InChI is InChI=1S/C15H22O8S.Na/c1-19-10-11-13(20-2)15(24(16,17)18)14(21-3)12(10)23-9-7-5-4-6-8-22-11;/h4-9H2,1-3H3,(H,16,17,18);/q;+1/p-1. The SMILES string of the molecule is COc1c2c(OC)c(S(=O)(=O)[O-])c(OC)c1OCCCCCCO2.[Na+]. The molecule has 1 heterocycles. The molecule has 1 aromatic carbocycles. The van der Waals surface area contributed by atoms with E-state index in [2.05, 4.69) is 0 Å². The summed E-state index contributed by atoms with van der Waals surface area (Å²) in [6, 6.07) is 0. The van der Waals surface area contributed by atoms with E-state index in [0.29, 0.717) is 13.2 Å². The van der Waals surface area contributed by atoms with E-state index in [0.717, 1.165) is 25.7 Å². The number of hydrogen-bond donors (Lipinski definition) is 0. The number of ether oxygens (including phenoxy) is 5. The molecule has 0 atom stereocenters. The van der Waals surface area contributed by atoms with Crippen molar-refractivity contribution in [3.05, 3.63) is 0 Å². The van der Waals surface area contributed by atoms with Gasteiger partial charge in [-0.2, -0.15) is 0 Å². The van der Waals surface area contributed by atoms with Gasteiger partial charge in [-0.15, -0.1) is 0 Å². The van der Waals surface area contributed by atoms with Gasteiger partial charge in [-0.25, -0.2) is 8.42 Å². The van der Waals surface area contributed by atoms with Crippen LogP contribution >= 0.6 is 0 Å². The second kappa shape index (κ2) is 9.72. The van der Waals surface area contributed by atoms with Crippen LogP contribution in [0.2, 0.25) is 0 Å². The minimum atomic E-state index is -4.91. The molecule has 0 saturated heterocycles. The van der Waals surface area contributed by atoms with Gasteiger partial charge < -0.3 is 28.2 Å². The summed E-state index contributed by atoms with van der Waals surface area (Å²) in [4.78, 5) is -0.655. The van der Waals surface area contributed by atoms with Gasteiger partial charge in [-0.05, 0) is 25.7 Å². The van der Waals surface area contributed by atoms with E-state index < -0.39 is 15.0 Å². The normalized spacial score (nSPS) is 14.9. The Balaban J connectivity index is 0.00000312. The summed E-state index contributed by atoms with van der Waals surface area (Å²) < 4.78 is 62.3. The number of benzene rings is 1. The van der Waals surface area contributed by atoms with Crippen LogP contribution in [0.3, 0.4) is 0 Å². The van der Waals surface area contributed by atoms with Gasteiger partial charge in [0, 0.05) is 0 Å². The van der Waals surface area contributed by atoms with Crippen molar-refractivity contribution in [1.82, 2.24) is 0 Å². The largest absolute Gasteiger partial charge is 1.00 e. The zero-order valence-electron chi connectivity index (χ0n) is 14.9. The van der Waals surface area contributed by atoms with E-state index in [4.69, 9.17) is 23.7 Å². The van der Waals surface area contributed by atoms with Crippen molar-refractivity contribution in [1.29, 1.82) is 0 Å². The molecule has 0 radical (unpaired) electrons. The Kier molecular flexibility index (Phi) is 8.62. The smallest absolute Gasteiger partial charge is 0.744 e. The Labute approximate surface area is 169 Å². The van der Waals surface area contributed by atoms with Gasteiger partial charge in [-0.3, -0.25) is 0 Å². The Morgan fingerprint density at radius 1 is 0.800 bits per heavy atom. The fourth-order valence-electron chi connectivity index (χ4n) is 2.57. The molecule has 1 aliphatic rings. The molecule has 0 N–H and O–H groups in total. The van der Waals surface area contributed by atoms with Crippen molar-refractivity contribution in [2.45, 2.75) is 30.6 Å². The zero-order valence-corrected chi connectivity index (χ0v) is 17.7. The van der Waals surface area contributed by atoms with Crippen LogP contribution in [0.25, 0.3) is 0 Å². The van der Waals surface area contributed by atoms with Crippen LogP contribution in [-0.2, 0) is 10.1 Å². The van der Waals surface area contributed by atoms with Crippen molar-refractivity contribution >= 4 is 10.1 Å². The first-order valence-corrected chi connectivity index (χ1v) is 8.94. The molecule has 0 aromatic heterocycles. The first kappa shape index (κ1) is 22.2. The molecule has 0 spiro atoms. The van der Waals surface area contributed by atoms with Crippen LogP contribution in [0.15, 0.2) is 4.90 Å². The monoisotopic (exact) mass is 384 g/mol. The minimum Gasteiger partial charge on any atom is -0.744 e. The number of fused-ring (bicyclic) bond motifs is 2. The molecule has 8 nitrogen and oxygen atoms in total. The molecule has 0 fully saturated rings. The van der Waals surface area contributed by atoms with Crippen LogP contribution in [0.1, 0.15) is 25.7 Å². The maximum Gasteiger partial charge on any atom is 1.00 e. The summed E-state index contributed by atoms with van der Waals surface area (Å²) in [6.45, 7) is 0.660. The van der Waals surface area contributed by atoms with Crippen LogP contribution in [0.5, 0.6) is 28.7 Å². The van der Waals surface area contributed by atoms with Crippen molar-refractivity contribution in [3.63, 3.8) is 0 Å². The molecule has 2 rings (SSSR count). The molecule has 1 aliphatic heterocycles. The van der Waals surface area contributed by atoms with E-state index >= 15 is 0 Å². The molecule has 1 aromatic rings. The summed E-state index contributed by atoms with van der Waals surface area (Å²) in [5, 5.41) is 0. The predicted octanol–water partition coefficient (Wildman–Crippen LogP) is -1.05. The molecular formula is C15H21NaO8S. The molecule has 0 saturated carbocycles. The Bertz CT molecular complexity index is 650. The predicted molar refractivity (Wildman–Crippen MR) is 83.5 cm³/mol. The number of rotatable bonds is 4. The summed E-state index contributed by atoms with van der Waals surface area (Å²) in [5.41, 5.74) is 0. The second-order valence-corrected chi connectivity index (χ2v) is 6.47. The number of methoxy groups -OCH3 is 3. The van der Waals surface area contributed by atoms with E-state index in [9.17, 15) is 13.0 Å². The molecule has 0 amide bonds. The summed E-state index contributed by atoms with van der Waals surface area (Å²) in [7, 11) is -1.03. The van der Waals surface area contributed by atoms with Crippen LogP contribution < -0.4 is 53.2 Å². The molecule has 2 bridgehead atoms. The molecular weight excluding hydrogens is 363 g/mol. The first-order chi connectivity index (χ1) is 11.5. The average Bonchev–Trinajstić information content (AvgIpc) is 2.57. The summed E-state index contributed by atoms with van der Waals surface area (Å²) >= 11 is 0. The molecule has 25 heavy (non-hydrogen) atoms. The third kappa shape index (κ3) is 4.85. The Morgan fingerprint density at radius 2 is 1.20 bits per heavy atom. The first-order valence-electron chi connectivity index (χ1n) is 7.53. The van der Waals surface area contributed by atoms with E-state index in [1.165, 1.54) is 21.3 Å². The van der Waals surface area contributed by atoms with Crippen molar-refractivity contribution < 1.29 is 66.2 Å². The third-order valence-electron chi connectivity index (χ3n) is 3.63. The van der Waals surface area contributed by atoms with E-state index in [-0.39, 0.29) is 58.3 Å². The fourth-order valence-corrected chi connectivity index (χ4v) is 3.38. The van der Waals surface area contributed by atoms with Crippen molar-refractivity contribution in [2.75, 3.05) is 34.5 Å². The molecule has 0 aliphatic carbocycles. The van der Waals surface area contributed by atoms with Crippen LogP contribution in [-0.4, -0.2) is 47.5 Å². The average molecular weight is 384 g/mol. The van der Waals surface area contributed by atoms with Gasteiger partial charge in [0.15, 0.2) is 11.5 Å². The van der Waals surface area contributed by atoms with Gasteiger partial charge in [0.05, 0.1) is 34.5 Å². The third-order valence-corrected chi connectivity index (χ3v) is 4.50. The summed E-state index contributed by atoms with van der Waals surface area (Å²) in [5.74, 6) is -0.312. The van der Waals surface area contributed by atoms with Gasteiger partial charge in [-0.1, -0.05) is 0 Å². The zero-order chi connectivity index (χ0) is 17.7. The molecule has 0 unspecified atom stereocenters. The van der Waals surface area contributed by atoms with E-state index in [1.54, 1.807) is 0 Å². The van der Waals surface area contributed by atoms with Crippen LogP contribution in [0.4, 0.5) is 0 Å². The van der Waals surface area contributed by atoms with Crippen molar-refractivity contribution in [2.24, 2.45) is 0 Å². The van der Waals surface area contributed by atoms with Gasteiger partial charge in [0.1, 0.15) is 15.0 Å². The van der Waals surface area contributed by atoms with Gasteiger partial charge in [0.2, 0.25) is 17.2 Å². The fraction of sp³-hybridized carbons (Fsp3) is 0.600. The second-order valence-electron chi connectivity index (χ2n) is 5.15.